The van der Waals surface area contributed by atoms with E-state index in [0.29, 0.717) is 56.4 Å². The molecule has 0 spiro atoms. The third kappa shape index (κ3) is 5.76. The fraction of sp³-hybridized carbons (Fsp3) is 0.667. The molecule has 0 bridgehead atoms. The highest BCUT2D eigenvalue weighted by Crippen LogP contribution is 2.40. The predicted octanol–water partition coefficient (Wildman–Crippen LogP) is 3.97. The summed E-state index contributed by atoms with van der Waals surface area (Å²) in [5.74, 6) is -0.586. The molecule has 0 unspecified atom stereocenters. The van der Waals surface area contributed by atoms with Crippen molar-refractivity contribution >= 4 is 29.2 Å². The summed E-state index contributed by atoms with van der Waals surface area (Å²) < 4.78 is 20.5. The first-order valence-electron chi connectivity index (χ1n) is 12.9. The number of piperazine rings is 1. The second-order valence-corrected chi connectivity index (χ2v) is 12.2. The van der Waals surface area contributed by atoms with Gasteiger partial charge in [-0.15, -0.1) is 0 Å². The SMILES string of the molecule is CC(C)(C)OC(=O)N[C@H](C(=O)N1CCN(c2cc3c(cc2F)C(=O)CCN3C2CC2)CC1)C(C)(C)C. The molecule has 2 heterocycles. The van der Waals surface area contributed by atoms with Crippen molar-refractivity contribution in [2.24, 2.45) is 5.41 Å². The summed E-state index contributed by atoms with van der Waals surface area (Å²) in [6.45, 7) is 13.5. The number of Topliss-reactive ketones (excluding diaryl/α,β-unsaturated/α-hetero) is 1. The quantitative estimate of drug-likeness (QED) is 0.671. The molecule has 2 amide bonds. The van der Waals surface area contributed by atoms with Gasteiger partial charge in [0, 0.05) is 50.7 Å². The lowest BCUT2D eigenvalue weighted by atomic mass is 9.85. The molecule has 198 valence electrons. The van der Waals surface area contributed by atoms with Crippen molar-refractivity contribution in [3.63, 3.8) is 0 Å². The average molecular weight is 503 g/mol. The van der Waals surface area contributed by atoms with E-state index in [4.69, 9.17) is 4.74 Å². The summed E-state index contributed by atoms with van der Waals surface area (Å²) >= 11 is 0. The number of ether oxygens (including phenoxy) is 1. The second-order valence-electron chi connectivity index (χ2n) is 12.2. The number of nitrogens with zero attached hydrogens (tertiary/aromatic N) is 3. The largest absolute Gasteiger partial charge is 0.444 e. The molecule has 0 aromatic heterocycles. The van der Waals surface area contributed by atoms with Crippen molar-refractivity contribution in [1.82, 2.24) is 10.2 Å². The smallest absolute Gasteiger partial charge is 0.408 e. The summed E-state index contributed by atoms with van der Waals surface area (Å²) in [6.07, 6.45) is 2.01. The van der Waals surface area contributed by atoms with Gasteiger partial charge >= 0.3 is 6.09 Å². The lowest BCUT2D eigenvalue weighted by Gasteiger charge is -2.41. The normalized spacial score (nSPS) is 19.6. The van der Waals surface area contributed by atoms with Crippen molar-refractivity contribution in [2.75, 3.05) is 42.5 Å². The topological polar surface area (TPSA) is 82.2 Å². The van der Waals surface area contributed by atoms with Crippen LogP contribution >= 0.6 is 0 Å². The van der Waals surface area contributed by atoms with Gasteiger partial charge in [0.2, 0.25) is 5.91 Å². The van der Waals surface area contributed by atoms with E-state index in [1.54, 1.807) is 25.7 Å². The highest BCUT2D eigenvalue weighted by Gasteiger charge is 2.39. The Bertz CT molecular complexity index is 1030. The Hall–Kier alpha value is -2.84. The van der Waals surface area contributed by atoms with E-state index in [0.717, 1.165) is 18.5 Å². The van der Waals surface area contributed by atoms with Gasteiger partial charge in [-0.25, -0.2) is 9.18 Å². The van der Waals surface area contributed by atoms with Crippen LogP contribution in [0.4, 0.5) is 20.6 Å². The van der Waals surface area contributed by atoms with Crippen molar-refractivity contribution in [3.05, 3.63) is 23.5 Å². The number of hydrogen-bond acceptors (Lipinski definition) is 6. The minimum Gasteiger partial charge on any atom is -0.444 e. The zero-order valence-corrected chi connectivity index (χ0v) is 22.3. The molecule has 2 fully saturated rings. The summed E-state index contributed by atoms with van der Waals surface area (Å²) in [6, 6.07) is 2.90. The maximum absolute atomic E-state index is 15.1. The third-order valence-corrected chi connectivity index (χ3v) is 6.95. The standard InChI is InChI=1S/C27H39FN4O4/c1-26(2,3)23(29-25(35)36-27(4,5)6)24(34)31-13-11-30(12-14-31)21-16-20-18(15-19(21)28)22(33)9-10-32(20)17-7-8-17/h15-17,23H,7-14H2,1-6H3,(H,29,35)/t23-/m1/s1. The van der Waals surface area contributed by atoms with Crippen LogP contribution in [0.15, 0.2) is 12.1 Å². The molecular formula is C27H39FN4O4. The molecule has 36 heavy (non-hydrogen) atoms. The van der Waals surface area contributed by atoms with Crippen molar-refractivity contribution in [3.8, 4) is 0 Å². The first-order chi connectivity index (χ1) is 16.7. The van der Waals surface area contributed by atoms with Crippen LogP contribution in [0.1, 0.15) is 71.2 Å². The number of halogens is 1. The molecule has 1 aliphatic carbocycles. The van der Waals surface area contributed by atoms with Gasteiger partial charge in [0.1, 0.15) is 17.5 Å². The van der Waals surface area contributed by atoms with Gasteiger partial charge in [-0.3, -0.25) is 9.59 Å². The van der Waals surface area contributed by atoms with Crippen LogP contribution in [0.2, 0.25) is 0 Å². The average Bonchev–Trinajstić information content (AvgIpc) is 3.61. The van der Waals surface area contributed by atoms with Gasteiger partial charge in [-0.1, -0.05) is 20.8 Å². The highest BCUT2D eigenvalue weighted by atomic mass is 19.1. The maximum Gasteiger partial charge on any atom is 0.408 e. The molecule has 1 aromatic rings. The minimum atomic E-state index is -0.752. The van der Waals surface area contributed by atoms with E-state index in [9.17, 15) is 14.4 Å². The number of ketones is 1. The van der Waals surface area contributed by atoms with Gasteiger partial charge in [-0.05, 0) is 51.2 Å². The van der Waals surface area contributed by atoms with E-state index < -0.39 is 29.0 Å². The molecule has 4 rings (SSSR count). The monoisotopic (exact) mass is 502 g/mol. The summed E-state index contributed by atoms with van der Waals surface area (Å²) in [5, 5.41) is 2.76. The van der Waals surface area contributed by atoms with Crippen molar-refractivity contribution < 1.29 is 23.5 Å². The van der Waals surface area contributed by atoms with Crippen molar-refractivity contribution in [2.45, 2.75) is 78.5 Å². The van der Waals surface area contributed by atoms with Gasteiger partial charge in [0.15, 0.2) is 5.78 Å². The third-order valence-electron chi connectivity index (χ3n) is 6.95. The van der Waals surface area contributed by atoms with Crippen molar-refractivity contribution in [1.29, 1.82) is 0 Å². The zero-order chi connectivity index (χ0) is 26.4. The number of nitrogens with one attached hydrogen (secondary N) is 1. The Kier molecular flexibility index (Phi) is 6.96. The van der Waals surface area contributed by atoms with E-state index >= 15 is 4.39 Å². The Morgan fingerprint density at radius 2 is 1.64 bits per heavy atom. The fourth-order valence-electron chi connectivity index (χ4n) is 4.92. The number of amides is 2. The fourth-order valence-corrected chi connectivity index (χ4v) is 4.92. The second kappa shape index (κ2) is 9.56. The molecule has 1 saturated heterocycles. The van der Waals surface area contributed by atoms with Crippen LogP contribution in [0.25, 0.3) is 0 Å². The number of rotatable bonds is 4. The van der Waals surface area contributed by atoms with Crippen LogP contribution < -0.4 is 15.1 Å². The minimum absolute atomic E-state index is 0.00604. The van der Waals surface area contributed by atoms with E-state index in [2.05, 4.69) is 10.2 Å². The predicted molar refractivity (Wildman–Crippen MR) is 137 cm³/mol. The van der Waals surface area contributed by atoms with Crippen LogP contribution in [-0.2, 0) is 9.53 Å². The molecular weight excluding hydrogens is 463 g/mol. The molecule has 8 nitrogen and oxygen atoms in total. The first kappa shape index (κ1) is 26.2. The van der Waals surface area contributed by atoms with Gasteiger partial charge in [-0.2, -0.15) is 0 Å². The number of hydrogen-bond donors (Lipinski definition) is 1. The number of alkyl carbamates (subject to hydrolysis) is 1. The molecule has 1 N–H and O–H groups in total. The van der Waals surface area contributed by atoms with Crippen LogP contribution in [-0.4, -0.2) is 73.1 Å². The number of carbonyl (C=O) groups excluding carboxylic acids is 3. The summed E-state index contributed by atoms with van der Waals surface area (Å²) in [7, 11) is 0. The molecule has 1 saturated carbocycles. The Morgan fingerprint density at radius 3 is 2.19 bits per heavy atom. The van der Waals surface area contributed by atoms with E-state index in [1.807, 2.05) is 31.7 Å². The lowest BCUT2D eigenvalue weighted by Crippen LogP contribution is -2.59. The number of anilines is 2. The van der Waals surface area contributed by atoms with E-state index in [-0.39, 0.29) is 11.7 Å². The molecule has 2 aliphatic heterocycles. The maximum atomic E-state index is 15.1. The Labute approximate surface area is 213 Å². The molecule has 1 aromatic carbocycles. The number of fused-ring (bicyclic) bond motifs is 1. The zero-order valence-electron chi connectivity index (χ0n) is 22.3. The van der Waals surface area contributed by atoms with Gasteiger partial charge in [0.25, 0.3) is 0 Å². The Balaban J connectivity index is 1.46. The number of carbonyl (C=O) groups is 3. The summed E-state index contributed by atoms with van der Waals surface area (Å²) in [5.41, 5.74) is 0.594. The van der Waals surface area contributed by atoms with E-state index in [1.165, 1.54) is 6.07 Å². The molecule has 1 atom stereocenters. The molecule has 9 heteroatoms. The lowest BCUT2D eigenvalue weighted by molar-refractivity contribution is -0.136. The van der Waals surface area contributed by atoms with Gasteiger partial charge < -0.3 is 24.8 Å². The summed E-state index contributed by atoms with van der Waals surface area (Å²) in [4.78, 5) is 44.2. The highest BCUT2D eigenvalue weighted by molar-refractivity contribution is 6.04. The van der Waals surface area contributed by atoms with Crippen LogP contribution in [0.3, 0.4) is 0 Å². The molecule has 0 radical (unpaired) electrons. The van der Waals surface area contributed by atoms with Crippen LogP contribution in [0, 0.1) is 11.2 Å². The molecule has 3 aliphatic rings. The Morgan fingerprint density at radius 1 is 1.00 bits per heavy atom. The van der Waals surface area contributed by atoms with Crippen LogP contribution in [0.5, 0.6) is 0 Å². The first-order valence-corrected chi connectivity index (χ1v) is 12.9. The number of benzene rings is 1. The van der Waals surface area contributed by atoms with Gasteiger partial charge in [0.05, 0.1) is 11.4 Å².